The van der Waals surface area contributed by atoms with Crippen LogP contribution in [0.25, 0.3) is 31.3 Å². The van der Waals surface area contributed by atoms with Crippen molar-refractivity contribution in [3.8, 4) is 0 Å². The minimum absolute atomic E-state index is 0.0778. The van der Waals surface area contributed by atoms with Crippen LogP contribution >= 0.6 is 0 Å². The highest BCUT2D eigenvalue weighted by Crippen LogP contribution is 2.33. The summed E-state index contributed by atoms with van der Waals surface area (Å²) in [5.41, 5.74) is 26.4. The third-order valence-electron chi connectivity index (χ3n) is 4.50. The monoisotopic (exact) mass is 425 g/mol. The molecule has 1 fully saturated rings. The van der Waals surface area contributed by atoms with Gasteiger partial charge in [-0.05, 0) is 29.1 Å². The summed E-state index contributed by atoms with van der Waals surface area (Å²) in [6.07, 6.45) is -6.19. The van der Waals surface area contributed by atoms with Crippen molar-refractivity contribution in [1.29, 1.82) is 0 Å². The van der Waals surface area contributed by atoms with Crippen molar-refractivity contribution >= 4 is 5.97 Å². The SMILES string of the molecule is CC(=O)OC1C(N=[N+]=[N-])CC(N=[N+]=[N-])[C@@H](O[C@H]2OC(CO)=CC(O)C2N=[N+]=[N-])C1O. The minimum atomic E-state index is -1.63. The van der Waals surface area contributed by atoms with Gasteiger partial charge in [0.1, 0.15) is 30.6 Å². The molecule has 2 aliphatic rings. The van der Waals surface area contributed by atoms with Crippen molar-refractivity contribution in [2.75, 3.05) is 6.61 Å². The molecule has 0 aromatic carbocycles. The number of carbonyl (C=O) groups is 1. The summed E-state index contributed by atoms with van der Waals surface area (Å²) in [4.78, 5) is 19.4. The Morgan fingerprint density at radius 2 is 1.77 bits per heavy atom. The molecule has 1 aliphatic heterocycles. The maximum Gasteiger partial charge on any atom is 0.303 e. The van der Waals surface area contributed by atoms with Gasteiger partial charge in [-0.1, -0.05) is 15.3 Å². The second kappa shape index (κ2) is 10.5. The molecular weight excluding hydrogens is 406 g/mol. The minimum Gasteiger partial charge on any atom is -0.466 e. The molecule has 3 N–H and O–H groups in total. The maximum atomic E-state index is 11.4. The van der Waals surface area contributed by atoms with Crippen molar-refractivity contribution in [2.24, 2.45) is 15.3 Å². The second-order valence-corrected chi connectivity index (χ2v) is 6.41. The number of ether oxygens (including phenoxy) is 3. The van der Waals surface area contributed by atoms with E-state index in [4.69, 9.17) is 30.8 Å². The van der Waals surface area contributed by atoms with Crippen LogP contribution in [-0.2, 0) is 19.0 Å². The Hall–Kier alpha value is -3.22. The number of aliphatic hydroxyl groups is 3. The van der Waals surface area contributed by atoms with E-state index in [1.165, 1.54) is 0 Å². The predicted molar refractivity (Wildman–Crippen MR) is 95.9 cm³/mol. The van der Waals surface area contributed by atoms with Gasteiger partial charge in [0.05, 0.1) is 24.3 Å². The first kappa shape index (κ1) is 23.1. The highest BCUT2D eigenvalue weighted by molar-refractivity contribution is 5.66. The molecule has 0 aromatic heterocycles. The van der Waals surface area contributed by atoms with Crippen LogP contribution in [0.4, 0.5) is 0 Å². The molecule has 1 aliphatic carbocycles. The van der Waals surface area contributed by atoms with Crippen LogP contribution in [0.1, 0.15) is 13.3 Å². The molecule has 6 unspecified atom stereocenters. The summed E-state index contributed by atoms with van der Waals surface area (Å²) in [6, 6.07) is -3.45. The quantitative estimate of drug-likeness (QED) is 0.227. The van der Waals surface area contributed by atoms with E-state index in [1.54, 1.807) is 0 Å². The van der Waals surface area contributed by atoms with Crippen molar-refractivity contribution in [3.05, 3.63) is 43.2 Å². The zero-order valence-electron chi connectivity index (χ0n) is 15.6. The summed E-state index contributed by atoms with van der Waals surface area (Å²) in [6.45, 7) is 0.494. The van der Waals surface area contributed by atoms with E-state index in [1.807, 2.05) is 0 Å². The second-order valence-electron chi connectivity index (χ2n) is 6.41. The third-order valence-corrected chi connectivity index (χ3v) is 4.50. The Morgan fingerprint density at radius 3 is 2.30 bits per heavy atom. The van der Waals surface area contributed by atoms with Gasteiger partial charge in [-0.15, -0.1) is 0 Å². The number of aliphatic hydroxyl groups excluding tert-OH is 3. The normalized spacial score (nSPS) is 35.4. The molecule has 1 heterocycles. The Labute approximate surface area is 168 Å². The first-order valence-corrected chi connectivity index (χ1v) is 8.65. The smallest absolute Gasteiger partial charge is 0.303 e. The molecule has 0 radical (unpaired) electrons. The molecule has 0 aromatic rings. The van der Waals surface area contributed by atoms with Crippen molar-refractivity contribution < 1.29 is 34.3 Å². The van der Waals surface area contributed by atoms with Crippen LogP contribution in [0.3, 0.4) is 0 Å². The van der Waals surface area contributed by atoms with Gasteiger partial charge in [0.15, 0.2) is 0 Å². The lowest BCUT2D eigenvalue weighted by atomic mass is 9.84. The van der Waals surface area contributed by atoms with Gasteiger partial charge in [0.2, 0.25) is 6.29 Å². The highest BCUT2D eigenvalue weighted by atomic mass is 16.7. The molecule has 8 atom stereocenters. The van der Waals surface area contributed by atoms with Crippen LogP contribution in [0.2, 0.25) is 0 Å². The molecular formula is C14H19N9O7. The average Bonchev–Trinajstić information content (AvgIpc) is 2.70. The fraction of sp³-hybridized carbons (Fsp3) is 0.786. The van der Waals surface area contributed by atoms with Crippen molar-refractivity contribution in [1.82, 2.24) is 0 Å². The average molecular weight is 425 g/mol. The van der Waals surface area contributed by atoms with E-state index < -0.39 is 61.4 Å². The topological polar surface area (TPSA) is 252 Å². The lowest BCUT2D eigenvalue weighted by molar-refractivity contribution is -0.229. The molecule has 0 saturated heterocycles. The van der Waals surface area contributed by atoms with Crippen molar-refractivity contribution in [3.63, 3.8) is 0 Å². The van der Waals surface area contributed by atoms with Crippen LogP contribution < -0.4 is 0 Å². The van der Waals surface area contributed by atoms with Crippen LogP contribution in [0.5, 0.6) is 0 Å². The third kappa shape index (κ3) is 5.23. The van der Waals surface area contributed by atoms with Crippen LogP contribution in [-0.4, -0.2) is 76.7 Å². The fourth-order valence-electron chi connectivity index (χ4n) is 3.27. The van der Waals surface area contributed by atoms with E-state index in [-0.39, 0.29) is 12.2 Å². The molecule has 30 heavy (non-hydrogen) atoms. The number of hydrogen-bond acceptors (Lipinski definition) is 10. The van der Waals surface area contributed by atoms with Crippen LogP contribution in [0, 0.1) is 0 Å². The zero-order chi connectivity index (χ0) is 22.3. The number of carbonyl (C=O) groups excluding carboxylic acids is 1. The first-order chi connectivity index (χ1) is 14.4. The molecule has 0 bridgehead atoms. The zero-order valence-corrected chi connectivity index (χ0v) is 15.6. The summed E-state index contributed by atoms with van der Waals surface area (Å²) in [5.74, 6) is -0.842. The summed E-state index contributed by atoms with van der Waals surface area (Å²) >= 11 is 0. The van der Waals surface area contributed by atoms with Gasteiger partial charge in [0, 0.05) is 21.7 Å². The maximum absolute atomic E-state index is 11.4. The Balaban J connectivity index is 2.38. The van der Waals surface area contributed by atoms with Crippen molar-refractivity contribution in [2.45, 2.75) is 62.2 Å². The Kier molecular flexibility index (Phi) is 8.09. The van der Waals surface area contributed by atoms with E-state index in [0.29, 0.717) is 0 Å². The summed E-state index contributed by atoms with van der Waals surface area (Å²) in [7, 11) is 0. The molecule has 0 spiro atoms. The molecule has 16 nitrogen and oxygen atoms in total. The van der Waals surface area contributed by atoms with E-state index >= 15 is 0 Å². The Morgan fingerprint density at radius 1 is 1.17 bits per heavy atom. The Bertz CT molecular complexity index is 819. The molecule has 16 heteroatoms. The van der Waals surface area contributed by atoms with E-state index in [9.17, 15) is 20.1 Å². The van der Waals surface area contributed by atoms with Gasteiger partial charge < -0.3 is 29.5 Å². The van der Waals surface area contributed by atoms with Gasteiger partial charge in [-0.3, -0.25) is 4.79 Å². The van der Waals surface area contributed by atoms with Gasteiger partial charge >= 0.3 is 5.97 Å². The van der Waals surface area contributed by atoms with E-state index in [0.717, 1.165) is 13.0 Å². The molecule has 1 saturated carbocycles. The lowest BCUT2D eigenvalue weighted by Gasteiger charge is -2.43. The van der Waals surface area contributed by atoms with E-state index in [2.05, 4.69) is 30.1 Å². The highest BCUT2D eigenvalue weighted by Gasteiger charge is 2.49. The predicted octanol–water partition coefficient (Wildman–Crippen LogP) is 0.698. The number of esters is 1. The fourth-order valence-corrected chi connectivity index (χ4v) is 3.27. The van der Waals surface area contributed by atoms with Crippen LogP contribution in [0.15, 0.2) is 27.2 Å². The summed E-state index contributed by atoms with van der Waals surface area (Å²) < 4.78 is 16.1. The number of azide groups is 3. The molecule has 0 amide bonds. The van der Waals surface area contributed by atoms with Gasteiger partial charge in [-0.25, -0.2) is 0 Å². The largest absolute Gasteiger partial charge is 0.466 e. The molecule has 2 rings (SSSR count). The van der Waals surface area contributed by atoms with Gasteiger partial charge in [0.25, 0.3) is 0 Å². The summed E-state index contributed by atoms with van der Waals surface area (Å²) in [5, 5.41) is 40.6. The lowest BCUT2D eigenvalue weighted by Crippen LogP contribution is -2.59. The number of hydrogen-bond donors (Lipinski definition) is 3. The van der Waals surface area contributed by atoms with Gasteiger partial charge in [-0.2, -0.15) is 0 Å². The number of nitrogens with zero attached hydrogens (tertiary/aromatic N) is 9. The number of rotatable bonds is 7. The standard InChI is InChI=1S/C14H19N9O7/c1-5(25)28-12-7(18-21-15)3-8(19-22-16)13(11(12)27)30-14-10(20-23-17)9(26)2-6(4-24)29-14/h2,7-14,24,26-27H,3-4H2,1H3/t7?,8?,9?,10?,11?,12?,13-,14-/m1/s1. The first-order valence-electron chi connectivity index (χ1n) is 8.65. The molecule has 162 valence electrons.